The van der Waals surface area contributed by atoms with Gasteiger partial charge in [0.25, 0.3) is 0 Å². The van der Waals surface area contributed by atoms with Gasteiger partial charge in [0.15, 0.2) is 0 Å². The zero-order chi connectivity index (χ0) is 18.5. The SMILES string of the molecule is O=C(NC1c2ccccc2CSc2ccccc21)OCCc1ccccc1. The van der Waals surface area contributed by atoms with E-state index in [1.165, 1.54) is 10.5 Å². The maximum Gasteiger partial charge on any atom is 0.407 e. The predicted octanol–water partition coefficient (Wildman–Crippen LogP) is 5.35. The van der Waals surface area contributed by atoms with E-state index in [9.17, 15) is 4.79 Å². The van der Waals surface area contributed by atoms with Crippen LogP contribution < -0.4 is 5.32 Å². The smallest absolute Gasteiger partial charge is 0.407 e. The Hall–Kier alpha value is -2.72. The first-order valence-electron chi connectivity index (χ1n) is 9.08. The second-order valence-corrected chi connectivity index (χ2v) is 7.49. The van der Waals surface area contributed by atoms with Crippen molar-refractivity contribution in [1.82, 2.24) is 5.32 Å². The third-order valence-electron chi connectivity index (χ3n) is 4.71. The van der Waals surface area contributed by atoms with Crippen LogP contribution in [-0.2, 0) is 16.9 Å². The van der Waals surface area contributed by atoms with Crippen LogP contribution in [0, 0.1) is 0 Å². The zero-order valence-electron chi connectivity index (χ0n) is 14.9. The van der Waals surface area contributed by atoms with E-state index in [0.717, 1.165) is 22.4 Å². The summed E-state index contributed by atoms with van der Waals surface area (Å²) in [7, 11) is 0. The summed E-state index contributed by atoms with van der Waals surface area (Å²) < 4.78 is 5.46. The number of carbonyl (C=O) groups excluding carboxylic acids is 1. The van der Waals surface area contributed by atoms with Crippen LogP contribution in [0.25, 0.3) is 0 Å². The molecule has 3 aromatic rings. The Morgan fingerprint density at radius 1 is 0.926 bits per heavy atom. The fourth-order valence-electron chi connectivity index (χ4n) is 3.34. The Labute approximate surface area is 163 Å². The molecule has 1 atom stereocenters. The van der Waals surface area contributed by atoms with Gasteiger partial charge in [0.05, 0.1) is 12.6 Å². The van der Waals surface area contributed by atoms with Crippen molar-refractivity contribution < 1.29 is 9.53 Å². The number of hydrogen-bond acceptors (Lipinski definition) is 3. The number of thioether (sulfide) groups is 1. The summed E-state index contributed by atoms with van der Waals surface area (Å²) >= 11 is 1.81. The van der Waals surface area contributed by atoms with Crippen molar-refractivity contribution in [2.45, 2.75) is 23.1 Å². The predicted molar refractivity (Wildman–Crippen MR) is 109 cm³/mol. The normalized spacial score (nSPS) is 15.2. The number of ether oxygens (including phenoxy) is 1. The lowest BCUT2D eigenvalue weighted by molar-refractivity contribution is 0.145. The van der Waals surface area contributed by atoms with E-state index in [0.29, 0.717) is 13.0 Å². The van der Waals surface area contributed by atoms with Gasteiger partial charge in [-0.2, -0.15) is 0 Å². The highest BCUT2D eigenvalue weighted by molar-refractivity contribution is 7.98. The van der Waals surface area contributed by atoms with Crippen LogP contribution in [0.1, 0.15) is 28.3 Å². The second-order valence-electron chi connectivity index (χ2n) is 6.47. The van der Waals surface area contributed by atoms with Gasteiger partial charge in [-0.15, -0.1) is 11.8 Å². The van der Waals surface area contributed by atoms with Crippen molar-refractivity contribution in [3.8, 4) is 0 Å². The number of rotatable bonds is 4. The summed E-state index contributed by atoms with van der Waals surface area (Å²) in [6, 6.07) is 26.4. The molecule has 0 fully saturated rings. The maximum absolute atomic E-state index is 12.5. The molecule has 4 rings (SSSR count). The molecule has 1 aliphatic rings. The number of benzene rings is 3. The lowest BCUT2D eigenvalue weighted by Gasteiger charge is -2.21. The molecule has 4 heteroatoms. The molecule has 0 radical (unpaired) electrons. The second kappa shape index (κ2) is 8.31. The summed E-state index contributed by atoms with van der Waals surface area (Å²) in [5, 5.41) is 3.08. The van der Waals surface area contributed by atoms with Gasteiger partial charge in [-0.1, -0.05) is 72.8 Å². The number of nitrogens with one attached hydrogen (secondary N) is 1. The first-order chi connectivity index (χ1) is 13.3. The van der Waals surface area contributed by atoms with Crippen molar-refractivity contribution in [3.63, 3.8) is 0 Å². The number of carbonyl (C=O) groups is 1. The highest BCUT2D eigenvalue weighted by atomic mass is 32.2. The lowest BCUT2D eigenvalue weighted by atomic mass is 9.95. The van der Waals surface area contributed by atoms with Crippen molar-refractivity contribution in [1.29, 1.82) is 0 Å². The number of fused-ring (bicyclic) bond motifs is 2. The molecule has 136 valence electrons. The molecule has 0 aromatic heterocycles. The molecule has 3 aromatic carbocycles. The molecule has 1 amide bonds. The van der Waals surface area contributed by atoms with Gasteiger partial charge in [-0.05, 0) is 28.3 Å². The van der Waals surface area contributed by atoms with Crippen molar-refractivity contribution in [3.05, 3.63) is 101 Å². The third kappa shape index (κ3) is 4.17. The van der Waals surface area contributed by atoms with Crippen molar-refractivity contribution in [2.24, 2.45) is 0 Å². The Kier molecular flexibility index (Phi) is 5.45. The molecule has 27 heavy (non-hydrogen) atoms. The minimum Gasteiger partial charge on any atom is -0.449 e. The molecule has 3 nitrogen and oxygen atoms in total. The molecule has 1 heterocycles. The lowest BCUT2D eigenvalue weighted by Crippen LogP contribution is -2.31. The van der Waals surface area contributed by atoms with E-state index in [1.54, 1.807) is 11.8 Å². The summed E-state index contributed by atoms with van der Waals surface area (Å²) in [6.07, 6.45) is 0.328. The highest BCUT2D eigenvalue weighted by Gasteiger charge is 2.25. The molecule has 0 bridgehead atoms. The summed E-state index contributed by atoms with van der Waals surface area (Å²) in [5.41, 5.74) is 4.66. The van der Waals surface area contributed by atoms with E-state index in [4.69, 9.17) is 4.74 Å². The summed E-state index contributed by atoms with van der Waals surface area (Å²) in [6.45, 7) is 0.362. The minimum atomic E-state index is -0.382. The van der Waals surface area contributed by atoms with Crippen LogP contribution in [0.3, 0.4) is 0 Å². The maximum atomic E-state index is 12.5. The van der Waals surface area contributed by atoms with Gasteiger partial charge in [0.2, 0.25) is 0 Å². The zero-order valence-corrected chi connectivity index (χ0v) is 15.7. The van der Waals surface area contributed by atoms with Crippen molar-refractivity contribution >= 4 is 17.9 Å². The van der Waals surface area contributed by atoms with Gasteiger partial charge in [0.1, 0.15) is 0 Å². The Bertz CT molecular complexity index is 879. The van der Waals surface area contributed by atoms with E-state index >= 15 is 0 Å². The van der Waals surface area contributed by atoms with Gasteiger partial charge in [-0.25, -0.2) is 4.79 Å². The topological polar surface area (TPSA) is 38.3 Å². The molecular weight excluding hydrogens is 354 g/mol. The fourth-order valence-corrected chi connectivity index (χ4v) is 4.44. The molecule has 0 aliphatic carbocycles. The first kappa shape index (κ1) is 17.7. The van der Waals surface area contributed by atoms with Crippen LogP contribution in [-0.4, -0.2) is 12.7 Å². The molecule has 1 N–H and O–H groups in total. The fraction of sp³-hybridized carbons (Fsp3) is 0.174. The standard InChI is InChI=1S/C23H21NO2S/c25-23(26-15-14-17-8-2-1-3-9-17)24-22-19-11-5-4-10-18(19)16-27-21-13-7-6-12-20(21)22/h1-13,22H,14-16H2,(H,24,25). The third-order valence-corrected chi connectivity index (χ3v) is 5.85. The molecule has 0 spiro atoms. The average Bonchev–Trinajstić information content (AvgIpc) is 2.87. The van der Waals surface area contributed by atoms with Gasteiger partial charge in [-0.3, -0.25) is 0 Å². The molecular formula is C23H21NO2S. The van der Waals surface area contributed by atoms with Crippen LogP contribution in [0.15, 0.2) is 83.8 Å². The van der Waals surface area contributed by atoms with Crippen LogP contribution in [0.2, 0.25) is 0 Å². The average molecular weight is 375 g/mol. The van der Waals surface area contributed by atoms with Crippen LogP contribution in [0.4, 0.5) is 4.79 Å². The molecule has 1 unspecified atom stereocenters. The van der Waals surface area contributed by atoms with Crippen LogP contribution in [0.5, 0.6) is 0 Å². The quantitative estimate of drug-likeness (QED) is 0.668. The summed E-state index contributed by atoms with van der Waals surface area (Å²) in [5.74, 6) is 0.897. The monoisotopic (exact) mass is 375 g/mol. The Morgan fingerprint density at radius 2 is 1.63 bits per heavy atom. The Balaban J connectivity index is 1.49. The van der Waals surface area contributed by atoms with Crippen molar-refractivity contribution in [2.75, 3.05) is 6.61 Å². The number of alkyl carbamates (subject to hydrolysis) is 1. The van der Waals surface area contributed by atoms with E-state index in [-0.39, 0.29) is 12.1 Å². The number of hydrogen-bond donors (Lipinski definition) is 1. The highest BCUT2D eigenvalue weighted by Crippen LogP contribution is 2.39. The summed E-state index contributed by atoms with van der Waals surface area (Å²) in [4.78, 5) is 13.7. The van der Waals surface area contributed by atoms with Gasteiger partial charge in [0, 0.05) is 17.1 Å². The molecule has 1 aliphatic heterocycles. The van der Waals surface area contributed by atoms with Gasteiger partial charge < -0.3 is 10.1 Å². The Morgan fingerprint density at radius 3 is 2.48 bits per heavy atom. The van der Waals surface area contributed by atoms with Gasteiger partial charge >= 0.3 is 6.09 Å². The van der Waals surface area contributed by atoms with E-state index < -0.39 is 0 Å². The largest absolute Gasteiger partial charge is 0.449 e. The molecule has 0 saturated heterocycles. The van der Waals surface area contributed by atoms with E-state index in [1.807, 2.05) is 54.6 Å². The first-order valence-corrected chi connectivity index (χ1v) is 10.1. The van der Waals surface area contributed by atoms with Crippen LogP contribution >= 0.6 is 11.8 Å². The number of amides is 1. The molecule has 0 saturated carbocycles. The van der Waals surface area contributed by atoms with E-state index in [2.05, 4.69) is 29.6 Å². The minimum absolute atomic E-state index is 0.198.